The number of nitrogens with zero attached hydrogens (tertiary/aromatic N) is 3. The number of carbonyl (C=O) groups is 2. The lowest BCUT2D eigenvalue weighted by molar-refractivity contribution is -0.140. The standard InChI is InChI=1S/C15H19N3O3S/c1-10-4-3-5-11(2)18(10)13(19)7-21-15(20)12-8-22-14-6-16-9-17(12)14/h6,8-11H,3-5,7H2,1-2H3/t10-,11-/m1/s1. The molecule has 7 heteroatoms. The lowest BCUT2D eigenvalue weighted by atomic mass is 9.97. The van der Waals surface area contributed by atoms with Crippen LogP contribution in [0.1, 0.15) is 43.6 Å². The molecule has 0 aliphatic carbocycles. The number of thiazole rings is 1. The fourth-order valence-electron chi connectivity index (χ4n) is 3.06. The van der Waals surface area contributed by atoms with Crippen molar-refractivity contribution >= 4 is 28.0 Å². The third-order valence-corrected chi connectivity index (χ3v) is 5.06. The second kappa shape index (κ2) is 6.08. The summed E-state index contributed by atoms with van der Waals surface area (Å²) >= 11 is 1.42. The highest BCUT2D eigenvalue weighted by Crippen LogP contribution is 2.22. The average molecular weight is 321 g/mol. The van der Waals surface area contributed by atoms with Crippen molar-refractivity contribution in [1.29, 1.82) is 0 Å². The van der Waals surface area contributed by atoms with Gasteiger partial charge in [0.2, 0.25) is 0 Å². The number of hydrogen-bond donors (Lipinski definition) is 0. The van der Waals surface area contributed by atoms with Crippen molar-refractivity contribution in [2.45, 2.75) is 45.2 Å². The molecule has 0 bridgehead atoms. The molecule has 0 N–H and O–H groups in total. The molecule has 3 rings (SSSR count). The molecular weight excluding hydrogens is 302 g/mol. The van der Waals surface area contributed by atoms with Gasteiger partial charge in [-0.2, -0.15) is 0 Å². The Bertz CT molecular complexity index is 683. The van der Waals surface area contributed by atoms with Crippen molar-refractivity contribution in [3.8, 4) is 0 Å². The monoisotopic (exact) mass is 321 g/mol. The Morgan fingerprint density at radius 2 is 2.09 bits per heavy atom. The van der Waals surface area contributed by atoms with Crippen molar-refractivity contribution in [1.82, 2.24) is 14.3 Å². The summed E-state index contributed by atoms with van der Waals surface area (Å²) in [4.78, 5) is 31.2. The molecule has 118 valence electrons. The molecule has 1 saturated heterocycles. The minimum Gasteiger partial charge on any atom is -0.451 e. The van der Waals surface area contributed by atoms with E-state index in [9.17, 15) is 9.59 Å². The molecule has 2 aromatic rings. The summed E-state index contributed by atoms with van der Waals surface area (Å²) in [5.41, 5.74) is 0.407. The van der Waals surface area contributed by atoms with Crippen LogP contribution in [-0.4, -0.2) is 44.9 Å². The molecule has 6 nitrogen and oxygen atoms in total. The van der Waals surface area contributed by atoms with Crippen LogP contribution in [0.4, 0.5) is 0 Å². The van der Waals surface area contributed by atoms with E-state index >= 15 is 0 Å². The van der Waals surface area contributed by atoms with Gasteiger partial charge in [-0.05, 0) is 33.1 Å². The molecule has 1 amide bonds. The molecule has 1 fully saturated rings. The number of ether oxygens (including phenoxy) is 1. The topological polar surface area (TPSA) is 63.9 Å². The van der Waals surface area contributed by atoms with Crippen LogP contribution in [0.5, 0.6) is 0 Å². The summed E-state index contributed by atoms with van der Waals surface area (Å²) in [5, 5.41) is 1.72. The maximum Gasteiger partial charge on any atom is 0.356 e. The number of likely N-dealkylation sites (tertiary alicyclic amines) is 1. The van der Waals surface area contributed by atoms with Gasteiger partial charge in [0, 0.05) is 17.5 Å². The lowest BCUT2D eigenvalue weighted by Gasteiger charge is -2.38. The Labute approximate surface area is 132 Å². The van der Waals surface area contributed by atoms with E-state index in [0.717, 1.165) is 24.1 Å². The molecule has 0 radical (unpaired) electrons. The second-order valence-electron chi connectivity index (χ2n) is 5.73. The Morgan fingerprint density at radius 3 is 2.82 bits per heavy atom. The summed E-state index contributed by atoms with van der Waals surface area (Å²) in [6.45, 7) is 3.88. The molecule has 0 saturated carbocycles. The molecule has 2 atom stereocenters. The van der Waals surface area contributed by atoms with E-state index in [1.807, 2.05) is 18.7 Å². The van der Waals surface area contributed by atoms with E-state index in [1.54, 1.807) is 22.3 Å². The van der Waals surface area contributed by atoms with Gasteiger partial charge in [-0.25, -0.2) is 9.78 Å². The van der Waals surface area contributed by atoms with E-state index in [4.69, 9.17) is 4.74 Å². The van der Waals surface area contributed by atoms with Gasteiger partial charge in [0.15, 0.2) is 6.61 Å². The van der Waals surface area contributed by atoms with Crippen molar-refractivity contribution < 1.29 is 14.3 Å². The molecule has 1 aliphatic rings. The minimum absolute atomic E-state index is 0.120. The fourth-order valence-corrected chi connectivity index (χ4v) is 3.88. The predicted molar refractivity (Wildman–Crippen MR) is 83.0 cm³/mol. The number of amides is 1. The van der Waals surface area contributed by atoms with Gasteiger partial charge in [-0.3, -0.25) is 9.20 Å². The molecule has 3 heterocycles. The first-order valence-electron chi connectivity index (χ1n) is 7.45. The molecule has 0 aromatic carbocycles. The molecule has 2 aromatic heterocycles. The van der Waals surface area contributed by atoms with Crippen molar-refractivity contribution in [3.63, 3.8) is 0 Å². The van der Waals surface area contributed by atoms with Gasteiger partial charge in [-0.15, -0.1) is 11.3 Å². The Kier molecular flexibility index (Phi) is 4.15. The van der Waals surface area contributed by atoms with Crippen molar-refractivity contribution in [2.75, 3.05) is 6.61 Å². The number of piperidine rings is 1. The number of imidazole rings is 1. The van der Waals surface area contributed by atoms with E-state index in [2.05, 4.69) is 4.98 Å². The van der Waals surface area contributed by atoms with Crippen LogP contribution >= 0.6 is 11.3 Å². The smallest absolute Gasteiger partial charge is 0.356 e. The van der Waals surface area contributed by atoms with Crippen LogP contribution in [0.25, 0.3) is 4.83 Å². The first-order chi connectivity index (χ1) is 10.6. The van der Waals surface area contributed by atoms with Crippen molar-refractivity contribution in [3.05, 3.63) is 23.6 Å². The van der Waals surface area contributed by atoms with E-state index < -0.39 is 5.97 Å². The molecule has 22 heavy (non-hydrogen) atoms. The summed E-state index contributed by atoms with van der Waals surface area (Å²) in [6.07, 6.45) is 6.40. The van der Waals surface area contributed by atoms with Gasteiger partial charge in [0.1, 0.15) is 16.9 Å². The minimum atomic E-state index is -0.491. The van der Waals surface area contributed by atoms with Gasteiger partial charge in [0.05, 0.1) is 6.20 Å². The zero-order chi connectivity index (χ0) is 15.7. The number of carbonyl (C=O) groups excluding carboxylic acids is 2. The van der Waals surface area contributed by atoms with Crippen LogP contribution in [0.15, 0.2) is 17.9 Å². The molecule has 1 aliphatic heterocycles. The SMILES string of the molecule is C[C@@H]1CCC[C@@H](C)N1C(=O)COC(=O)c1csc2cncn12. The summed E-state index contributed by atoms with van der Waals surface area (Å²) in [6, 6.07) is 0.410. The fraction of sp³-hybridized carbons (Fsp3) is 0.533. The van der Waals surface area contributed by atoms with Gasteiger partial charge < -0.3 is 9.64 Å². The Hall–Kier alpha value is -1.89. The molecule has 0 spiro atoms. The van der Waals surface area contributed by atoms with E-state index in [1.165, 1.54) is 11.3 Å². The second-order valence-corrected chi connectivity index (χ2v) is 6.62. The normalized spacial score (nSPS) is 22.0. The average Bonchev–Trinajstić information content (AvgIpc) is 3.07. The van der Waals surface area contributed by atoms with Crippen LogP contribution in [0.2, 0.25) is 0 Å². The summed E-state index contributed by atoms with van der Waals surface area (Å²) in [5.74, 6) is -0.611. The molecule has 0 unspecified atom stereocenters. The van der Waals surface area contributed by atoms with Crippen molar-refractivity contribution in [2.24, 2.45) is 0 Å². The number of hydrogen-bond acceptors (Lipinski definition) is 5. The largest absolute Gasteiger partial charge is 0.451 e. The van der Waals surface area contributed by atoms with Gasteiger partial charge >= 0.3 is 5.97 Å². The maximum atomic E-state index is 12.3. The van der Waals surface area contributed by atoms with Gasteiger partial charge in [0.25, 0.3) is 5.91 Å². The number of fused-ring (bicyclic) bond motifs is 1. The molecular formula is C15H19N3O3S. The number of rotatable bonds is 3. The highest BCUT2D eigenvalue weighted by molar-refractivity contribution is 7.15. The van der Waals surface area contributed by atoms with Crippen LogP contribution in [0, 0.1) is 0 Å². The highest BCUT2D eigenvalue weighted by atomic mass is 32.1. The van der Waals surface area contributed by atoms with Gasteiger partial charge in [-0.1, -0.05) is 0 Å². The zero-order valence-corrected chi connectivity index (χ0v) is 13.5. The third-order valence-electron chi connectivity index (χ3n) is 4.17. The predicted octanol–water partition coefficient (Wildman–Crippen LogP) is 2.34. The highest BCUT2D eigenvalue weighted by Gasteiger charge is 2.29. The number of esters is 1. The first-order valence-corrected chi connectivity index (χ1v) is 8.33. The van der Waals surface area contributed by atoms with E-state index in [-0.39, 0.29) is 24.6 Å². The van der Waals surface area contributed by atoms with E-state index in [0.29, 0.717) is 5.69 Å². The van der Waals surface area contributed by atoms with Crippen LogP contribution in [-0.2, 0) is 9.53 Å². The third kappa shape index (κ3) is 2.72. The quantitative estimate of drug-likeness (QED) is 0.814. The Morgan fingerprint density at radius 1 is 1.36 bits per heavy atom. The summed E-state index contributed by atoms with van der Waals surface area (Å²) < 4.78 is 6.87. The maximum absolute atomic E-state index is 12.3. The summed E-state index contributed by atoms with van der Waals surface area (Å²) in [7, 11) is 0. The lowest BCUT2D eigenvalue weighted by Crippen LogP contribution is -2.49. The van der Waals surface area contributed by atoms with Crippen LogP contribution < -0.4 is 0 Å². The number of aromatic nitrogens is 2. The Balaban J connectivity index is 1.63. The first kappa shape index (κ1) is 15.0. The zero-order valence-electron chi connectivity index (χ0n) is 12.7. The van der Waals surface area contributed by atoms with Crippen LogP contribution in [0.3, 0.4) is 0 Å².